The second-order valence-corrected chi connectivity index (χ2v) is 6.60. The van der Waals surface area contributed by atoms with Crippen LogP contribution in [0.4, 0.5) is 8.78 Å². The first-order valence-electron chi connectivity index (χ1n) is 8.08. The van der Waals surface area contributed by atoms with Gasteiger partial charge in [0.05, 0.1) is 18.6 Å². The van der Waals surface area contributed by atoms with Crippen LogP contribution in [0.1, 0.15) is 23.3 Å². The lowest BCUT2D eigenvalue weighted by Crippen LogP contribution is -2.57. The molecule has 0 unspecified atom stereocenters. The number of amides is 2. The Kier molecular flexibility index (Phi) is 4.68. The van der Waals surface area contributed by atoms with E-state index in [2.05, 4.69) is 9.97 Å². The van der Waals surface area contributed by atoms with E-state index in [4.69, 9.17) is 4.74 Å². The van der Waals surface area contributed by atoms with Gasteiger partial charge in [0.1, 0.15) is 12.0 Å². The average Bonchev–Trinajstić information content (AvgIpc) is 2.87. The van der Waals surface area contributed by atoms with Crippen LogP contribution in [0.25, 0.3) is 0 Å². The molecule has 0 aliphatic carbocycles. The van der Waals surface area contributed by atoms with Crippen molar-refractivity contribution in [1.82, 2.24) is 19.8 Å². The monoisotopic (exact) mass is 354 g/mol. The summed E-state index contributed by atoms with van der Waals surface area (Å²) >= 11 is 0. The highest BCUT2D eigenvalue weighted by atomic mass is 19.3. The maximum atomic E-state index is 14.4. The molecule has 9 heteroatoms. The van der Waals surface area contributed by atoms with Crippen molar-refractivity contribution in [3.05, 3.63) is 24.3 Å². The third-order valence-corrected chi connectivity index (χ3v) is 4.77. The van der Waals surface area contributed by atoms with Gasteiger partial charge in [-0.3, -0.25) is 9.59 Å². The zero-order valence-electron chi connectivity index (χ0n) is 14.0. The van der Waals surface area contributed by atoms with Crippen molar-refractivity contribution in [3.8, 4) is 0 Å². The molecule has 0 radical (unpaired) electrons. The molecule has 0 saturated carbocycles. The number of likely N-dealkylation sites (tertiary alicyclic amines) is 2. The Bertz CT molecular complexity index is 658. The summed E-state index contributed by atoms with van der Waals surface area (Å²) in [4.78, 5) is 35.4. The lowest BCUT2D eigenvalue weighted by atomic mass is 9.77. The lowest BCUT2D eigenvalue weighted by molar-refractivity contribution is -0.151. The van der Waals surface area contributed by atoms with E-state index in [1.165, 1.54) is 30.6 Å². The molecule has 2 saturated heterocycles. The van der Waals surface area contributed by atoms with Gasteiger partial charge in [-0.05, 0) is 12.5 Å². The Balaban J connectivity index is 1.82. The number of rotatable bonds is 4. The first kappa shape index (κ1) is 17.7. The van der Waals surface area contributed by atoms with Gasteiger partial charge < -0.3 is 14.5 Å². The van der Waals surface area contributed by atoms with E-state index in [1.54, 1.807) is 0 Å². The van der Waals surface area contributed by atoms with Crippen LogP contribution in [0, 0.1) is 5.41 Å². The van der Waals surface area contributed by atoms with Gasteiger partial charge in [-0.15, -0.1) is 0 Å². The highest BCUT2D eigenvalue weighted by Gasteiger charge is 2.57. The molecule has 2 aliphatic heterocycles. The number of carbonyl (C=O) groups excluding carboxylic acids is 2. The number of ether oxygens (including phenoxy) is 1. The number of aromatic nitrogens is 2. The van der Waals surface area contributed by atoms with Gasteiger partial charge in [-0.1, -0.05) is 0 Å². The maximum absolute atomic E-state index is 14.4. The van der Waals surface area contributed by atoms with E-state index in [0.717, 1.165) is 4.90 Å². The Hall–Kier alpha value is -2.16. The number of halogens is 2. The van der Waals surface area contributed by atoms with Gasteiger partial charge in [-0.25, -0.2) is 18.7 Å². The van der Waals surface area contributed by atoms with Gasteiger partial charge in [0.2, 0.25) is 5.91 Å². The molecule has 3 rings (SSSR count). The second kappa shape index (κ2) is 6.62. The quantitative estimate of drug-likeness (QED) is 0.800. The van der Waals surface area contributed by atoms with Crippen molar-refractivity contribution < 1.29 is 23.1 Å². The first-order chi connectivity index (χ1) is 11.9. The highest BCUT2D eigenvalue weighted by molar-refractivity contribution is 5.93. The van der Waals surface area contributed by atoms with Gasteiger partial charge in [0.25, 0.3) is 11.8 Å². The van der Waals surface area contributed by atoms with Gasteiger partial charge in [0, 0.05) is 39.4 Å². The Morgan fingerprint density at radius 3 is 2.88 bits per heavy atom. The van der Waals surface area contributed by atoms with Crippen LogP contribution < -0.4 is 0 Å². The number of carbonyl (C=O) groups is 2. The van der Waals surface area contributed by atoms with E-state index < -0.39 is 30.2 Å². The molecule has 136 valence electrons. The molecule has 0 aromatic carbocycles. The molecule has 1 aromatic rings. The van der Waals surface area contributed by atoms with Gasteiger partial charge >= 0.3 is 0 Å². The van der Waals surface area contributed by atoms with Crippen molar-refractivity contribution >= 4 is 11.8 Å². The third-order valence-electron chi connectivity index (χ3n) is 4.77. The van der Waals surface area contributed by atoms with Crippen LogP contribution in [0.15, 0.2) is 18.6 Å². The minimum atomic E-state index is -3.12. The first-order valence-corrected chi connectivity index (χ1v) is 8.08. The van der Waals surface area contributed by atoms with Crippen LogP contribution in [-0.2, 0) is 9.53 Å². The van der Waals surface area contributed by atoms with Crippen LogP contribution in [0.2, 0.25) is 0 Å². The van der Waals surface area contributed by atoms with Crippen molar-refractivity contribution in [2.45, 2.75) is 18.8 Å². The molecule has 1 spiro atoms. The van der Waals surface area contributed by atoms with E-state index in [9.17, 15) is 18.4 Å². The molecule has 1 atom stereocenters. The largest absolute Gasteiger partial charge is 0.383 e. The highest BCUT2D eigenvalue weighted by Crippen LogP contribution is 2.45. The standard InChI is InChI=1S/C16H20F2N4O3/c1-25-7-6-21-5-3-15(14(21)24)8-16(17,18)10-22(9-15)13(23)12-2-4-19-11-20-12/h2,4,11H,3,5-10H2,1H3/t15-/m1/s1. The molecule has 3 heterocycles. The molecule has 0 bridgehead atoms. The number of piperidine rings is 1. The second-order valence-electron chi connectivity index (χ2n) is 6.60. The van der Waals surface area contributed by atoms with E-state index in [1.807, 2.05) is 0 Å². The minimum Gasteiger partial charge on any atom is -0.383 e. The number of methoxy groups -OCH3 is 1. The normalized spacial score (nSPS) is 25.6. The van der Waals surface area contributed by atoms with Crippen molar-refractivity contribution in [3.63, 3.8) is 0 Å². The minimum absolute atomic E-state index is 0.0201. The maximum Gasteiger partial charge on any atom is 0.272 e. The third kappa shape index (κ3) is 3.46. The van der Waals surface area contributed by atoms with Crippen LogP contribution in [0.3, 0.4) is 0 Å². The SMILES string of the molecule is COCCN1CC[C@@]2(CN(C(=O)c3ccncn3)CC(F)(F)C2)C1=O. The smallest absolute Gasteiger partial charge is 0.272 e. The number of hydrogen-bond acceptors (Lipinski definition) is 5. The van der Waals surface area contributed by atoms with Gasteiger partial charge in [0.15, 0.2) is 0 Å². The molecule has 7 nitrogen and oxygen atoms in total. The fraction of sp³-hybridized carbons (Fsp3) is 0.625. The molecule has 2 aliphatic rings. The summed E-state index contributed by atoms with van der Waals surface area (Å²) in [6.45, 7) is 0.384. The summed E-state index contributed by atoms with van der Waals surface area (Å²) in [7, 11) is 1.52. The summed E-state index contributed by atoms with van der Waals surface area (Å²) in [5.41, 5.74) is -1.19. The van der Waals surface area contributed by atoms with Crippen molar-refractivity contribution in [2.24, 2.45) is 5.41 Å². The molecule has 2 fully saturated rings. The predicted octanol–water partition coefficient (Wildman–Crippen LogP) is 0.823. The zero-order valence-corrected chi connectivity index (χ0v) is 14.0. The van der Waals surface area contributed by atoms with Gasteiger partial charge in [-0.2, -0.15) is 0 Å². The average molecular weight is 354 g/mol. The zero-order chi connectivity index (χ0) is 18.1. The fourth-order valence-electron chi connectivity index (χ4n) is 3.65. The molecular weight excluding hydrogens is 334 g/mol. The fourth-order valence-corrected chi connectivity index (χ4v) is 3.65. The predicted molar refractivity (Wildman–Crippen MR) is 83.0 cm³/mol. The summed E-state index contributed by atoms with van der Waals surface area (Å²) < 4.78 is 33.7. The van der Waals surface area contributed by atoms with Crippen LogP contribution in [-0.4, -0.2) is 77.4 Å². The molecule has 0 N–H and O–H groups in total. The summed E-state index contributed by atoms with van der Waals surface area (Å²) in [5.74, 6) is -4.05. The molecule has 2 amide bonds. The van der Waals surface area contributed by atoms with E-state index in [-0.39, 0.29) is 18.1 Å². The molecular formula is C16H20F2N4O3. The number of alkyl halides is 2. The Morgan fingerprint density at radius 1 is 1.40 bits per heavy atom. The molecule has 1 aromatic heterocycles. The Morgan fingerprint density at radius 2 is 2.20 bits per heavy atom. The summed E-state index contributed by atoms with van der Waals surface area (Å²) in [5, 5.41) is 0. The Labute approximate surface area is 144 Å². The van der Waals surface area contributed by atoms with E-state index >= 15 is 0 Å². The summed E-state index contributed by atoms with van der Waals surface area (Å²) in [6.07, 6.45) is 2.35. The molecule has 25 heavy (non-hydrogen) atoms. The number of nitrogens with zero attached hydrogens (tertiary/aromatic N) is 4. The summed E-state index contributed by atoms with van der Waals surface area (Å²) in [6, 6.07) is 1.38. The van der Waals surface area contributed by atoms with Crippen LogP contribution >= 0.6 is 0 Å². The van der Waals surface area contributed by atoms with Crippen molar-refractivity contribution in [1.29, 1.82) is 0 Å². The van der Waals surface area contributed by atoms with Crippen molar-refractivity contribution in [2.75, 3.05) is 39.9 Å². The lowest BCUT2D eigenvalue weighted by Gasteiger charge is -2.42. The number of hydrogen-bond donors (Lipinski definition) is 0. The van der Waals surface area contributed by atoms with Crippen LogP contribution in [0.5, 0.6) is 0 Å². The topological polar surface area (TPSA) is 75.6 Å². The van der Waals surface area contributed by atoms with E-state index in [0.29, 0.717) is 26.1 Å².